The van der Waals surface area contributed by atoms with Gasteiger partial charge in [0.15, 0.2) is 0 Å². The van der Waals surface area contributed by atoms with Gasteiger partial charge in [-0.05, 0) is 31.0 Å². The predicted molar refractivity (Wildman–Crippen MR) is 65.7 cm³/mol. The molecule has 0 fully saturated rings. The topological polar surface area (TPSA) is 58.6 Å². The van der Waals surface area contributed by atoms with Crippen LogP contribution in [0, 0.1) is 0 Å². The number of nitrogens with one attached hydrogen (secondary N) is 1. The van der Waals surface area contributed by atoms with Crippen molar-refractivity contribution in [3.63, 3.8) is 0 Å². The Kier molecular flexibility index (Phi) is 5.49. The molecule has 1 atom stereocenters. The SMILES string of the molecule is CCOC(=O)C(CC)NCc1ccc(O)cc1. The van der Waals surface area contributed by atoms with Crippen LogP contribution in [0.25, 0.3) is 0 Å². The quantitative estimate of drug-likeness (QED) is 0.741. The zero-order valence-electron chi connectivity index (χ0n) is 10.3. The van der Waals surface area contributed by atoms with Gasteiger partial charge in [0.25, 0.3) is 0 Å². The normalized spacial score (nSPS) is 12.1. The van der Waals surface area contributed by atoms with Crippen molar-refractivity contribution in [2.24, 2.45) is 0 Å². The fourth-order valence-electron chi connectivity index (χ4n) is 1.49. The zero-order valence-corrected chi connectivity index (χ0v) is 10.3. The van der Waals surface area contributed by atoms with Gasteiger partial charge in [-0.25, -0.2) is 0 Å². The number of carbonyl (C=O) groups excluding carboxylic acids is 1. The van der Waals surface area contributed by atoms with Crippen LogP contribution in [0.4, 0.5) is 0 Å². The molecule has 1 aromatic carbocycles. The van der Waals surface area contributed by atoms with Crippen LogP contribution in [0.5, 0.6) is 5.75 Å². The molecule has 0 heterocycles. The average molecular weight is 237 g/mol. The monoisotopic (exact) mass is 237 g/mol. The first kappa shape index (κ1) is 13.5. The van der Waals surface area contributed by atoms with Crippen molar-refractivity contribution in [1.29, 1.82) is 0 Å². The number of phenols is 1. The summed E-state index contributed by atoms with van der Waals surface area (Å²) in [6.45, 7) is 4.71. The number of rotatable bonds is 6. The number of benzene rings is 1. The smallest absolute Gasteiger partial charge is 0.323 e. The summed E-state index contributed by atoms with van der Waals surface area (Å²) in [5.74, 6) is 0.0277. The first-order chi connectivity index (χ1) is 8.17. The highest BCUT2D eigenvalue weighted by atomic mass is 16.5. The second-order valence-corrected chi connectivity index (χ2v) is 3.76. The van der Waals surface area contributed by atoms with E-state index in [0.717, 1.165) is 5.56 Å². The second-order valence-electron chi connectivity index (χ2n) is 3.76. The van der Waals surface area contributed by atoms with E-state index in [1.165, 1.54) is 0 Å². The van der Waals surface area contributed by atoms with Gasteiger partial charge in [-0.2, -0.15) is 0 Å². The number of carbonyl (C=O) groups is 1. The van der Waals surface area contributed by atoms with Gasteiger partial charge in [-0.15, -0.1) is 0 Å². The third kappa shape index (κ3) is 4.44. The van der Waals surface area contributed by atoms with Gasteiger partial charge in [0, 0.05) is 6.54 Å². The fraction of sp³-hybridized carbons (Fsp3) is 0.462. The van der Waals surface area contributed by atoms with Crippen molar-refractivity contribution in [3.05, 3.63) is 29.8 Å². The van der Waals surface area contributed by atoms with Gasteiger partial charge in [-0.3, -0.25) is 4.79 Å². The van der Waals surface area contributed by atoms with E-state index in [2.05, 4.69) is 5.32 Å². The van der Waals surface area contributed by atoms with Crippen LogP contribution < -0.4 is 5.32 Å². The Morgan fingerprint density at radius 1 is 1.35 bits per heavy atom. The molecule has 17 heavy (non-hydrogen) atoms. The summed E-state index contributed by atoms with van der Waals surface area (Å²) in [6.07, 6.45) is 0.691. The largest absolute Gasteiger partial charge is 0.508 e. The van der Waals surface area contributed by atoms with Crippen LogP contribution in [0.2, 0.25) is 0 Å². The highest BCUT2D eigenvalue weighted by molar-refractivity contribution is 5.75. The molecular formula is C13H19NO3. The molecule has 4 nitrogen and oxygen atoms in total. The summed E-state index contributed by atoms with van der Waals surface area (Å²) in [7, 11) is 0. The van der Waals surface area contributed by atoms with Crippen molar-refractivity contribution < 1.29 is 14.6 Å². The zero-order chi connectivity index (χ0) is 12.7. The molecule has 0 aliphatic rings. The van der Waals surface area contributed by atoms with Gasteiger partial charge >= 0.3 is 5.97 Å². The minimum absolute atomic E-state index is 0.214. The first-order valence-corrected chi connectivity index (χ1v) is 5.85. The van der Waals surface area contributed by atoms with Crippen molar-refractivity contribution >= 4 is 5.97 Å². The van der Waals surface area contributed by atoms with Crippen LogP contribution in [-0.4, -0.2) is 23.7 Å². The Labute approximate surface area is 102 Å². The summed E-state index contributed by atoms with van der Waals surface area (Å²) >= 11 is 0. The molecule has 0 aliphatic carbocycles. The fourth-order valence-corrected chi connectivity index (χ4v) is 1.49. The molecule has 0 aliphatic heterocycles. The van der Waals surface area contributed by atoms with E-state index in [9.17, 15) is 4.79 Å². The van der Waals surface area contributed by atoms with Crippen molar-refractivity contribution in [1.82, 2.24) is 5.32 Å². The molecule has 0 aromatic heterocycles. The average Bonchev–Trinajstić information content (AvgIpc) is 2.32. The molecule has 0 spiro atoms. The lowest BCUT2D eigenvalue weighted by Gasteiger charge is -2.15. The van der Waals surface area contributed by atoms with Crippen LogP contribution >= 0.6 is 0 Å². The number of hydrogen-bond donors (Lipinski definition) is 2. The van der Waals surface area contributed by atoms with Crippen LogP contribution in [0.3, 0.4) is 0 Å². The third-order valence-corrected chi connectivity index (χ3v) is 2.47. The van der Waals surface area contributed by atoms with E-state index in [0.29, 0.717) is 19.6 Å². The Morgan fingerprint density at radius 2 is 2.00 bits per heavy atom. The van der Waals surface area contributed by atoms with Gasteiger partial charge in [0.2, 0.25) is 0 Å². The Morgan fingerprint density at radius 3 is 2.53 bits per heavy atom. The third-order valence-electron chi connectivity index (χ3n) is 2.47. The molecule has 1 aromatic rings. The van der Waals surface area contributed by atoms with Gasteiger partial charge in [-0.1, -0.05) is 19.1 Å². The van der Waals surface area contributed by atoms with Gasteiger partial charge < -0.3 is 15.2 Å². The summed E-state index contributed by atoms with van der Waals surface area (Å²) in [6, 6.07) is 6.62. The Bertz CT molecular complexity index is 348. The van der Waals surface area contributed by atoms with Gasteiger partial charge in [0.1, 0.15) is 11.8 Å². The summed E-state index contributed by atoms with van der Waals surface area (Å²) in [5.41, 5.74) is 1.02. The molecule has 0 amide bonds. The molecule has 0 saturated heterocycles. The molecule has 1 rings (SSSR count). The molecule has 94 valence electrons. The van der Waals surface area contributed by atoms with Crippen molar-refractivity contribution in [2.45, 2.75) is 32.9 Å². The van der Waals surface area contributed by atoms with E-state index in [-0.39, 0.29) is 17.8 Å². The minimum atomic E-state index is -0.274. The maximum absolute atomic E-state index is 11.5. The lowest BCUT2D eigenvalue weighted by Crippen LogP contribution is -2.37. The van der Waals surface area contributed by atoms with Crippen LogP contribution in [0.15, 0.2) is 24.3 Å². The molecule has 1 unspecified atom stereocenters. The number of phenolic OH excluding ortho intramolecular Hbond substituents is 1. The number of aromatic hydroxyl groups is 1. The highest BCUT2D eigenvalue weighted by Crippen LogP contribution is 2.09. The molecule has 0 bridgehead atoms. The van der Waals surface area contributed by atoms with Gasteiger partial charge in [0.05, 0.1) is 6.61 Å². The maximum atomic E-state index is 11.5. The molecule has 0 saturated carbocycles. The molecular weight excluding hydrogens is 218 g/mol. The maximum Gasteiger partial charge on any atom is 0.323 e. The summed E-state index contributed by atoms with van der Waals surface area (Å²) in [4.78, 5) is 11.5. The summed E-state index contributed by atoms with van der Waals surface area (Å²) in [5, 5.41) is 12.3. The Hall–Kier alpha value is -1.55. The highest BCUT2D eigenvalue weighted by Gasteiger charge is 2.16. The standard InChI is InChI=1S/C13H19NO3/c1-3-12(13(16)17-4-2)14-9-10-5-7-11(15)8-6-10/h5-8,12,14-15H,3-4,9H2,1-2H3. The number of ether oxygens (including phenoxy) is 1. The summed E-state index contributed by atoms with van der Waals surface area (Å²) < 4.78 is 4.96. The minimum Gasteiger partial charge on any atom is -0.508 e. The van der Waals surface area contributed by atoms with E-state index >= 15 is 0 Å². The van der Waals surface area contributed by atoms with Crippen molar-refractivity contribution in [2.75, 3.05) is 6.61 Å². The number of esters is 1. The predicted octanol–water partition coefficient (Wildman–Crippen LogP) is 1.82. The lowest BCUT2D eigenvalue weighted by atomic mass is 10.2. The van der Waals surface area contributed by atoms with E-state index in [1.54, 1.807) is 19.1 Å². The van der Waals surface area contributed by atoms with Crippen molar-refractivity contribution in [3.8, 4) is 5.75 Å². The number of hydrogen-bond acceptors (Lipinski definition) is 4. The lowest BCUT2D eigenvalue weighted by molar-refractivity contribution is -0.145. The van der Waals surface area contributed by atoms with E-state index < -0.39 is 0 Å². The van der Waals surface area contributed by atoms with E-state index in [1.807, 2.05) is 19.1 Å². The van der Waals surface area contributed by atoms with Crippen LogP contribution in [-0.2, 0) is 16.1 Å². The van der Waals surface area contributed by atoms with Crippen LogP contribution in [0.1, 0.15) is 25.8 Å². The Balaban J connectivity index is 2.47. The molecule has 0 radical (unpaired) electrons. The molecule has 2 N–H and O–H groups in total. The first-order valence-electron chi connectivity index (χ1n) is 5.85. The molecule has 4 heteroatoms. The second kappa shape index (κ2) is 6.91. The van der Waals surface area contributed by atoms with E-state index in [4.69, 9.17) is 9.84 Å².